The standard InChI is InChI=1S/C16H18N2O3/c1-11(2)21-16(20)13-5-3-4-12(8-13)9-18-10-14(17)6-7-15(18)19/h3-8,10-11H,9,17H2,1-2H3. The Morgan fingerprint density at radius 2 is 2.05 bits per heavy atom. The molecule has 2 aromatic rings. The molecule has 110 valence electrons. The summed E-state index contributed by atoms with van der Waals surface area (Å²) in [5.74, 6) is -0.369. The van der Waals surface area contributed by atoms with Crippen molar-refractivity contribution >= 4 is 11.7 Å². The van der Waals surface area contributed by atoms with Crippen molar-refractivity contribution in [1.82, 2.24) is 4.57 Å². The van der Waals surface area contributed by atoms with Gasteiger partial charge in [0.15, 0.2) is 0 Å². The van der Waals surface area contributed by atoms with E-state index < -0.39 is 0 Å². The van der Waals surface area contributed by atoms with Gasteiger partial charge in [-0.3, -0.25) is 4.79 Å². The number of benzene rings is 1. The van der Waals surface area contributed by atoms with Crippen LogP contribution in [-0.4, -0.2) is 16.6 Å². The number of carbonyl (C=O) groups is 1. The van der Waals surface area contributed by atoms with Gasteiger partial charge in [-0.1, -0.05) is 12.1 Å². The van der Waals surface area contributed by atoms with Crippen LogP contribution in [0.2, 0.25) is 0 Å². The molecule has 0 amide bonds. The van der Waals surface area contributed by atoms with E-state index in [4.69, 9.17) is 10.5 Å². The Balaban J connectivity index is 2.23. The minimum atomic E-state index is -0.369. The molecule has 0 atom stereocenters. The molecule has 0 unspecified atom stereocenters. The molecule has 0 bridgehead atoms. The highest BCUT2D eigenvalue weighted by Gasteiger charge is 2.10. The van der Waals surface area contributed by atoms with Crippen molar-refractivity contribution in [3.63, 3.8) is 0 Å². The highest BCUT2D eigenvalue weighted by Crippen LogP contribution is 2.10. The van der Waals surface area contributed by atoms with Gasteiger partial charge in [0.1, 0.15) is 0 Å². The lowest BCUT2D eigenvalue weighted by Gasteiger charge is -2.10. The molecule has 2 N–H and O–H groups in total. The molecule has 5 nitrogen and oxygen atoms in total. The molecule has 0 saturated heterocycles. The van der Waals surface area contributed by atoms with Crippen LogP contribution in [0.3, 0.4) is 0 Å². The molecule has 5 heteroatoms. The Morgan fingerprint density at radius 3 is 2.76 bits per heavy atom. The van der Waals surface area contributed by atoms with E-state index in [1.54, 1.807) is 44.3 Å². The number of nitrogens with zero attached hydrogens (tertiary/aromatic N) is 1. The topological polar surface area (TPSA) is 74.3 Å². The summed E-state index contributed by atoms with van der Waals surface area (Å²) in [5.41, 5.74) is 7.36. The first-order chi connectivity index (χ1) is 9.95. The monoisotopic (exact) mass is 286 g/mol. The SMILES string of the molecule is CC(C)OC(=O)c1cccc(Cn2cc(N)ccc2=O)c1. The summed E-state index contributed by atoms with van der Waals surface area (Å²) in [7, 11) is 0. The van der Waals surface area contributed by atoms with Gasteiger partial charge >= 0.3 is 5.97 Å². The van der Waals surface area contributed by atoms with Gasteiger partial charge in [-0.15, -0.1) is 0 Å². The molecular formula is C16H18N2O3. The summed E-state index contributed by atoms with van der Waals surface area (Å²) in [4.78, 5) is 23.6. The van der Waals surface area contributed by atoms with E-state index in [1.165, 1.54) is 10.6 Å². The number of esters is 1. The zero-order chi connectivity index (χ0) is 15.4. The van der Waals surface area contributed by atoms with Crippen molar-refractivity contribution in [2.24, 2.45) is 0 Å². The second-order valence-electron chi connectivity index (χ2n) is 5.08. The van der Waals surface area contributed by atoms with Gasteiger partial charge < -0.3 is 15.0 Å². The number of anilines is 1. The number of carbonyl (C=O) groups excluding carboxylic acids is 1. The van der Waals surface area contributed by atoms with Crippen molar-refractivity contribution in [2.45, 2.75) is 26.5 Å². The van der Waals surface area contributed by atoms with Crippen LogP contribution in [0.15, 0.2) is 47.4 Å². The fourth-order valence-electron chi connectivity index (χ4n) is 1.95. The highest BCUT2D eigenvalue weighted by molar-refractivity contribution is 5.89. The zero-order valence-corrected chi connectivity index (χ0v) is 12.1. The lowest BCUT2D eigenvalue weighted by atomic mass is 10.1. The van der Waals surface area contributed by atoms with Crippen LogP contribution in [0.1, 0.15) is 29.8 Å². The second kappa shape index (κ2) is 6.26. The third kappa shape index (κ3) is 3.95. The van der Waals surface area contributed by atoms with E-state index in [1.807, 2.05) is 6.07 Å². The number of rotatable bonds is 4. The first-order valence-electron chi connectivity index (χ1n) is 6.71. The van der Waals surface area contributed by atoms with Gasteiger partial charge in [-0.05, 0) is 37.6 Å². The molecule has 0 aliphatic carbocycles. The van der Waals surface area contributed by atoms with Crippen LogP contribution in [0, 0.1) is 0 Å². The number of nitrogen functional groups attached to an aromatic ring is 1. The van der Waals surface area contributed by atoms with Crippen molar-refractivity contribution in [1.29, 1.82) is 0 Å². The van der Waals surface area contributed by atoms with E-state index >= 15 is 0 Å². The molecule has 0 fully saturated rings. The molecular weight excluding hydrogens is 268 g/mol. The Bertz CT molecular complexity index is 705. The molecule has 0 spiro atoms. The molecule has 0 aliphatic heterocycles. The number of ether oxygens (including phenoxy) is 1. The second-order valence-corrected chi connectivity index (χ2v) is 5.08. The molecule has 1 aromatic heterocycles. The lowest BCUT2D eigenvalue weighted by Crippen LogP contribution is -2.19. The fourth-order valence-corrected chi connectivity index (χ4v) is 1.95. The van der Waals surface area contributed by atoms with E-state index in [0.717, 1.165) is 5.56 Å². The summed E-state index contributed by atoms with van der Waals surface area (Å²) >= 11 is 0. The van der Waals surface area contributed by atoms with Gasteiger partial charge in [0, 0.05) is 18.0 Å². The van der Waals surface area contributed by atoms with Crippen LogP contribution in [0.25, 0.3) is 0 Å². The van der Waals surface area contributed by atoms with Crippen LogP contribution in [0.4, 0.5) is 5.69 Å². The predicted molar refractivity (Wildman–Crippen MR) is 81.2 cm³/mol. The van der Waals surface area contributed by atoms with Crippen LogP contribution in [0.5, 0.6) is 0 Å². The minimum absolute atomic E-state index is 0.139. The lowest BCUT2D eigenvalue weighted by molar-refractivity contribution is 0.0378. The highest BCUT2D eigenvalue weighted by atomic mass is 16.5. The quantitative estimate of drug-likeness (QED) is 0.873. The van der Waals surface area contributed by atoms with Gasteiger partial charge in [-0.2, -0.15) is 0 Å². The van der Waals surface area contributed by atoms with Crippen LogP contribution < -0.4 is 11.3 Å². The van der Waals surface area contributed by atoms with Crippen LogP contribution >= 0.6 is 0 Å². The van der Waals surface area contributed by atoms with Gasteiger partial charge in [0.25, 0.3) is 5.56 Å². The van der Waals surface area contributed by atoms with Gasteiger partial charge in [0.2, 0.25) is 0 Å². The minimum Gasteiger partial charge on any atom is -0.459 e. The number of aromatic nitrogens is 1. The average molecular weight is 286 g/mol. The zero-order valence-electron chi connectivity index (χ0n) is 12.1. The van der Waals surface area contributed by atoms with Crippen molar-refractivity contribution < 1.29 is 9.53 Å². The first-order valence-corrected chi connectivity index (χ1v) is 6.71. The van der Waals surface area contributed by atoms with Gasteiger partial charge in [-0.25, -0.2) is 4.79 Å². The Morgan fingerprint density at radius 1 is 1.29 bits per heavy atom. The van der Waals surface area contributed by atoms with Crippen molar-refractivity contribution in [2.75, 3.05) is 5.73 Å². The van der Waals surface area contributed by atoms with Crippen molar-refractivity contribution in [3.8, 4) is 0 Å². The molecule has 0 aliphatic rings. The number of hydrogen-bond acceptors (Lipinski definition) is 4. The third-order valence-corrected chi connectivity index (χ3v) is 2.86. The maximum absolute atomic E-state index is 11.9. The number of hydrogen-bond donors (Lipinski definition) is 1. The van der Waals surface area contributed by atoms with Gasteiger partial charge in [0.05, 0.1) is 18.2 Å². The number of pyridine rings is 1. The average Bonchev–Trinajstić information content (AvgIpc) is 2.42. The summed E-state index contributed by atoms with van der Waals surface area (Å²) < 4.78 is 6.66. The van der Waals surface area contributed by atoms with E-state index in [-0.39, 0.29) is 17.6 Å². The molecule has 1 heterocycles. The van der Waals surface area contributed by atoms with Crippen molar-refractivity contribution in [3.05, 3.63) is 64.1 Å². The third-order valence-electron chi connectivity index (χ3n) is 2.86. The van der Waals surface area contributed by atoms with E-state index in [2.05, 4.69) is 0 Å². The van der Waals surface area contributed by atoms with E-state index in [0.29, 0.717) is 17.8 Å². The maximum Gasteiger partial charge on any atom is 0.338 e. The largest absolute Gasteiger partial charge is 0.459 e. The smallest absolute Gasteiger partial charge is 0.338 e. The van der Waals surface area contributed by atoms with Crippen LogP contribution in [-0.2, 0) is 11.3 Å². The van der Waals surface area contributed by atoms with E-state index in [9.17, 15) is 9.59 Å². The molecule has 0 radical (unpaired) electrons. The summed E-state index contributed by atoms with van der Waals surface area (Å²) in [6.07, 6.45) is 1.42. The molecule has 1 aromatic carbocycles. The summed E-state index contributed by atoms with van der Waals surface area (Å²) in [6, 6.07) is 10.0. The molecule has 2 rings (SSSR count). The summed E-state index contributed by atoms with van der Waals surface area (Å²) in [5, 5.41) is 0. The molecule has 21 heavy (non-hydrogen) atoms. The first kappa shape index (κ1) is 14.8. The Hall–Kier alpha value is -2.56. The Kier molecular flexibility index (Phi) is 4.42. The number of nitrogens with two attached hydrogens (primary N) is 1. The summed E-state index contributed by atoms with van der Waals surface area (Å²) in [6.45, 7) is 3.95. The maximum atomic E-state index is 11.9. The predicted octanol–water partition coefficient (Wildman–Crippen LogP) is 2.04. The molecule has 0 saturated carbocycles. The normalized spacial score (nSPS) is 10.6. The fraction of sp³-hybridized carbons (Fsp3) is 0.250. The Labute approximate surface area is 123 Å².